The molecule has 0 radical (unpaired) electrons. The molecule has 1 fully saturated rings. The maximum Gasteiger partial charge on any atom is 0.191 e. The van der Waals surface area contributed by atoms with Crippen LogP contribution in [0.1, 0.15) is 5.56 Å². The summed E-state index contributed by atoms with van der Waals surface area (Å²) in [5.74, 6) is 1.46. The number of ether oxygens (including phenoxy) is 2. The molecule has 0 spiro atoms. The molecule has 2 N–H and O–H groups in total. The summed E-state index contributed by atoms with van der Waals surface area (Å²) in [6.45, 7) is 5.18. The standard InChI is InChI=1S/C16H26N4O2/c1-19(2)6-11-22-15-5-3-4-14(12-15)13-18-16(17)20-7-9-21-10-8-20/h3-5,12H,6-11,13H2,1-2H3,(H2,17,18). The minimum atomic E-state index is 0.564. The average molecular weight is 306 g/mol. The first kappa shape index (κ1) is 16.6. The Morgan fingerprint density at radius 1 is 1.36 bits per heavy atom. The van der Waals surface area contributed by atoms with Crippen LogP contribution in [0.25, 0.3) is 0 Å². The van der Waals surface area contributed by atoms with Gasteiger partial charge < -0.3 is 25.0 Å². The molecule has 122 valence electrons. The molecule has 1 aromatic rings. The van der Waals surface area contributed by atoms with Gasteiger partial charge >= 0.3 is 0 Å². The second kappa shape index (κ2) is 8.60. The normalized spacial score (nSPS) is 16.1. The zero-order chi connectivity index (χ0) is 15.8. The number of morpholine rings is 1. The van der Waals surface area contributed by atoms with Gasteiger partial charge in [-0.05, 0) is 31.8 Å². The monoisotopic (exact) mass is 306 g/mol. The summed E-state index contributed by atoms with van der Waals surface area (Å²) in [5.41, 5.74) is 7.13. The van der Waals surface area contributed by atoms with Gasteiger partial charge in [-0.2, -0.15) is 0 Å². The van der Waals surface area contributed by atoms with Crippen LogP contribution in [0, 0.1) is 0 Å². The number of hydrogen-bond donors (Lipinski definition) is 1. The predicted molar refractivity (Wildman–Crippen MR) is 88.2 cm³/mol. The SMILES string of the molecule is CN(C)CCOc1cccc(CN=C(N)N2CCOCC2)c1. The van der Waals surface area contributed by atoms with Crippen LogP contribution >= 0.6 is 0 Å². The van der Waals surface area contributed by atoms with Gasteiger partial charge in [0.15, 0.2) is 5.96 Å². The number of benzene rings is 1. The van der Waals surface area contributed by atoms with E-state index in [0.29, 0.717) is 32.3 Å². The molecule has 6 nitrogen and oxygen atoms in total. The number of likely N-dealkylation sites (N-methyl/N-ethyl adjacent to an activating group) is 1. The molecule has 22 heavy (non-hydrogen) atoms. The largest absolute Gasteiger partial charge is 0.492 e. The van der Waals surface area contributed by atoms with Crippen molar-refractivity contribution in [1.82, 2.24) is 9.80 Å². The molecule has 1 heterocycles. The van der Waals surface area contributed by atoms with Crippen LogP contribution in [0.5, 0.6) is 5.75 Å². The van der Waals surface area contributed by atoms with E-state index >= 15 is 0 Å². The highest BCUT2D eigenvalue weighted by atomic mass is 16.5. The van der Waals surface area contributed by atoms with Gasteiger partial charge in [0.1, 0.15) is 12.4 Å². The zero-order valence-electron chi connectivity index (χ0n) is 13.5. The van der Waals surface area contributed by atoms with Crippen LogP contribution in [0.2, 0.25) is 0 Å². The minimum absolute atomic E-state index is 0.564. The summed E-state index contributed by atoms with van der Waals surface area (Å²) in [6.07, 6.45) is 0. The lowest BCUT2D eigenvalue weighted by atomic mass is 10.2. The van der Waals surface area contributed by atoms with Gasteiger partial charge in [-0.25, -0.2) is 4.99 Å². The van der Waals surface area contributed by atoms with Crippen molar-refractivity contribution in [3.05, 3.63) is 29.8 Å². The fourth-order valence-corrected chi connectivity index (χ4v) is 2.14. The lowest BCUT2D eigenvalue weighted by Crippen LogP contribution is -2.44. The van der Waals surface area contributed by atoms with Crippen molar-refractivity contribution in [2.45, 2.75) is 6.54 Å². The zero-order valence-corrected chi connectivity index (χ0v) is 13.5. The molecule has 1 aliphatic rings. The molecule has 0 amide bonds. The minimum Gasteiger partial charge on any atom is -0.492 e. The first-order chi connectivity index (χ1) is 10.6. The highest BCUT2D eigenvalue weighted by Gasteiger charge is 2.11. The van der Waals surface area contributed by atoms with Crippen LogP contribution in [0.3, 0.4) is 0 Å². The number of nitrogens with two attached hydrogens (primary N) is 1. The molecule has 2 rings (SSSR count). The van der Waals surface area contributed by atoms with Gasteiger partial charge in [0.2, 0.25) is 0 Å². The van der Waals surface area contributed by atoms with Crippen molar-refractivity contribution < 1.29 is 9.47 Å². The van der Waals surface area contributed by atoms with Gasteiger partial charge in [0, 0.05) is 19.6 Å². The molecular weight excluding hydrogens is 280 g/mol. The number of nitrogens with zero attached hydrogens (tertiary/aromatic N) is 3. The molecule has 0 aromatic heterocycles. The highest BCUT2D eigenvalue weighted by Crippen LogP contribution is 2.14. The third-order valence-corrected chi connectivity index (χ3v) is 3.46. The molecule has 0 aliphatic carbocycles. The Morgan fingerprint density at radius 2 is 2.14 bits per heavy atom. The number of rotatable bonds is 6. The smallest absolute Gasteiger partial charge is 0.191 e. The van der Waals surface area contributed by atoms with Crippen molar-refractivity contribution in [3.63, 3.8) is 0 Å². The molecule has 0 bridgehead atoms. The second-order valence-electron chi connectivity index (χ2n) is 5.57. The Hall–Kier alpha value is -1.79. The average Bonchev–Trinajstić information content (AvgIpc) is 2.53. The molecule has 6 heteroatoms. The Kier molecular flexibility index (Phi) is 6.48. The third kappa shape index (κ3) is 5.54. The first-order valence-electron chi connectivity index (χ1n) is 7.64. The number of hydrogen-bond acceptors (Lipinski definition) is 4. The van der Waals surface area contributed by atoms with E-state index in [1.807, 2.05) is 38.4 Å². The van der Waals surface area contributed by atoms with Gasteiger partial charge in [0.25, 0.3) is 0 Å². The topological polar surface area (TPSA) is 63.3 Å². The fraction of sp³-hybridized carbons (Fsp3) is 0.562. The van der Waals surface area contributed by atoms with E-state index < -0.39 is 0 Å². The highest BCUT2D eigenvalue weighted by molar-refractivity contribution is 5.78. The van der Waals surface area contributed by atoms with E-state index in [2.05, 4.69) is 14.8 Å². The van der Waals surface area contributed by atoms with E-state index in [1.54, 1.807) is 0 Å². The van der Waals surface area contributed by atoms with Gasteiger partial charge in [-0.15, -0.1) is 0 Å². The molecule has 1 saturated heterocycles. The molecule has 1 aromatic carbocycles. The Bertz CT molecular complexity index is 485. The summed E-state index contributed by atoms with van der Waals surface area (Å²) >= 11 is 0. The summed E-state index contributed by atoms with van der Waals surface area (Å²) < 4.78 is 11.0. The van der Waals surface area contributed by atoms with Crippen molar-refractivity contribution in [1.29, 1.82) is 0 Å². The van der Waals surface area contributed by atoms with Crippen molar-refractivity contribution in [2.24, 2.45) is 10.7 Å². The van der Waals surface area contributed by atoms with Gasteiger partial charge in [-0.3, -0.25) is 0 Å². The fourth-order valence-electron chi connectivity index (χ4n) is 2.14. The molecule has 0 saturated carbocycles. The molecule has 1 aliphatic heterocycles. The Morgan fingerprint density at radius 3 is 2.86 bits per heavy atom. The summed E-state index contributed by atoms with van der Waals surface area (Å²) in [5, 5.41) is 0. The predicted octanol–water partition coefficient (Wildman–Crippen LogP) is 0.774. The van der Waals surface area contributed by atoms with E-state index in [-0.39, 0.29) is 0 Å². The van der Waals surface area contributed by atoms with Crippen LogP contribution in [0.15, 0.2) is 29.3 Å². The van der Waals surface area contributed by atoms with Crippen LogP contribution in [0.4, 0.5) is 0 Å². The Labute approximate surface area is 132 Å². The summed E-state index contributed by atoms with van der Waals surface area (Å²) in [4.78, 5) is 8.62. The number of guanidine groups is 1. The van der Waals surface area contributed by atoms with Gasteiger partial charge in [0.05, 0.1) is 19.8 Å². The quantitative estimate of drug-likeness (QED) is 0.621. The van der Waals surface area contributed by atoms with E-state index in [1.165, 1.54) is 0 Å². The lowest BCUT2D eigenvalue weighted by Gasteiger charge is -2.27. The summed E-state index contributed by atoms with van der Waals surface area (Å²) in [7, 11) is 4.06. The maximum absolute atomic E-state index is 6.03. The Balaban J connectivity index is 1.86. The maximum atomic E-state index is 6.03. The molecular formula is C16H26N4O2. The van der Waals surface area contributed by atoms with Gasteiger partial charge in [-0.1, -0.05) is 12.1 Å². The number of aliphatic imine (C=N–C) groups is 1. The molecule has 0 atom stereocenters. The summed E-state index contributed by atoms with van der Waals surface area (Å²) in [6, 6.07) is 8.01. The first-order valence-corrected chi connectivity index (χ1v) is 7.64. The third-order valence-electron chi connectivity index (χ3n) is 3.46. The van der Waals surface area contributed by atoms with E-state index in [0.717, 1.165) is 30.9 Å². The van der Waals surface area contributed by atoms with Crippen LogP contribution in [-0.4, -0.2) is 69.3 Å². The van der Waals surface area contributed by atoms with Crippen molar-refractivity contribution in [3.8, 4) is 5.75 Å². The van der Waals surface area contributed by atoms with Crippen molar-refractivity contribution in [2.75, 3.05) is 53.6 Å². The molecule has 0 unspecified atom stereocenters. The second-order valence-corrected chi connectivity index (χ2v) is 5.57. The van der Waals surface area contributed by atoms with Crippen LogP contribution < -0.4 is 10.5 Å². The van der Waals surface area contributed by atoms with Crippen molar-refractivity contribution >= 4 is 5.96 Å². The van der Waals surface area contributed by atoms with E-state index in [4.69, 9.17) is 15.2 Å². The lowest BCUT2D eigenvalue weighted by molar-refractivity contribution is 0.0674. The van der Waals surface area contributed by atoms with E-state index in [9.17, 15) is 0 Å². The van der Waals surface area contributed by atoms with Crippen LogP contribution in [-0.2, 0) is 11.3 Å².